The molecule has 0 aliphatic rings. The highest BCUT2D eigenvalue weighted by Crippen LogP contribution is 2.27. The molecular formula is C28H24F2N2. The van der Waals surface area contributed by atoms with E-state index in [1.54, 1.807) is 0 Å². The summed E-state index contributed by atoms with van der Waals surface area (Å²) in [7, 11) is 0. The molecule has 4 heteroatoms. The number of benzene rings is 3. The molecule has 0 bridgehead atoms. The number of halogens is 2. The fourth-order valence-electron chi connectivity index (χ4n) is 4.02. The van der Waals surface area contributed by atoms with Crippen molar-refractivity contribution in [3.63, 3.8) is 0 Å². The van der Waals surface area contributed by atoms with E-state index in [1.165, 1.54) is 49.1 Å². The van der Waals surface area contributed by atoms with Gasteiger partial charge in [-0.1, -0.05) is 62.6 Å². The average Bonchev–Trinajstić information content (AvgIpc) is 3.14. The zero-order chi connectivity index (χ0) is 22.5. The number of H-pyrrole nitrogens is 1. The van der Waals surface area contributed by atoms with Crippen molar-refractivity contribution < 1.29 is 8.78 Å². The monoisotopic (exact) mass is 426 g/mol. The van der Waals surface area contributed by atoms with Gasteiger partial charge in [-0.25, -0.2) is 8.78 Å². The number of nitrogens with one attached hydrogen (secondary N) is 1. The molecule has 0 aliphatic heterocycles. The van der Waals surface area contributed by atoms with Crippen molar-refractivity contribution >= 4 is 21.8 Å². The van der Waals surface area contributed by atoms with E-state index in [2.05, 4.69) is 41.9 Å². The number of aromatic nitrogens is 1. The van der Waals surface area contributed by atoms with E-state index in [1.807, 2.05) is 18.2 Å². The van der Waals surface area contributed by atoms with E-state index in [4.69, 9.17) is 5.26 Å². The quantitative estimate of drug-likeness (QED) is 0.253. The van der Waals surface area contributed by atoms with E-state index >= 15 is 0 Å². The second kappa shape index (κ2) is 9.67. The first-order chi connectivity index (χ1) is 15.6. The highest BCUT2D eigenvalue weighted by molar-refractivity contribution is 6.07. The molecule has 0 spiro atoms. The van der Waals surface area contributed by atoms with Crippen molar-refractivity contribution in [1.82, 2.24) is 4.98 Å². The molecule has 2 nitrogen and oxygen atoms in total. The van der Waals surface area contributed by atoms with Crippen molar-refractivity contribution in [2.24, 2.45) is 0 Å². The van der Waals surface area contributed by atoms with Gasteiger partial charge in [-0.2, -0.15) is 5.26 Å². The largest absolute Gasteiger partial charge is 0.354 e. The minimum atomic E-state index is -0.899. The summed E-state index contributed by atoms with van der Waals surface area (Å²) >= 11 is 0. The Balaban J connectivity index is 1.56. The second-order valence-electron chi connectivity index (χ2n) is 8.11. The maximum Gasteiger partial charge on any atom is 0.145 e. The fourth-order valence-corrected chi connectivity index (χ4v) is 4.02. The standard InChI is InChI=1S/C28H24F2N2/c1-2-3-4-5-6-7-19-10-12-22-23-13-11-20(17-28(23)32-27(22)16-19)8-9-21-14-25(29)24(18-31)26(30)15-21/h10-17,32H,2-7H2,1H3. The fraction of sp³-hybridized carbons (Fsp3) is 0.250. The molecule has 0 unspecified atom stereocenters. The van der Waals surface area contributed by atoms with Crippen LogP contribution in [0.25, 0.3) is 21.8 Å². The van der Waals surface area contributed by atoms with Gasteiger partial charge in [0.05, 0.1) is 0 Å². The summed E-state index contributed by atoms with van der Waals surface area (Å²) in [5.74, 6) is 3.95. The Hall–Kier alpha value is -3.63. The minimum absolute atomic E-state index is 0.194. The Labute approximate surface area is 186 Å². The van der Waals surface area contributed by atoms with Crippen molar-refractivity contribution in [2.45, 2.75) is 45.4 Å². The molecule has 0 radical (unpaired) electrons. The van der Waals surface area contributed by atoms with Crippen LogP contribution in [0.2, 0.25) is 0 Å². The smallest absolute Gasteiger partial charge is 0.145 e. The number of nitrogens with zero attached hydrogens (tertiary/aromatic N) is 1. The third-order valence-electron chi connectivity index (χ3n) is 5.74. The Morgan fingerprint density at radius 1 is 0.781 bits per heavy atom. The summed E-state index contributed by atoms with van der Waals surface area (Å²) in [6.07, 6.45) is 7.44. The van der Waals surface area contributed by atoms with Gasteiger partial charge >= 0.3 is 0 Å². The predicted molar refractivity (Wildman–Crippen MR) is 125 cm³/mol. The van der Waals surface area contributed by atoms with Gasteiger partial charge in [-0.15, -0.1) is 0 Å². The number of aryl methyl sites for hydroxylation is 1. The molecule has 0 fully saturated rings. The summed E-state index contributed by atoms with van der Waals surface area (Å²) in [5, 5.41) is 11.1. The second-order valence-corrected chi connectivity index (χ2v) is 8.11. The summed E-state index contributed by atoms with van der Waals surface area (Å²) in [6.45, 7) is 2.23. The summed E-state index contributed by atoms with van der Waals surface area (Å²) in [4.78, 5) is 3.48. The first-order valence-corrected chi connectivity index (χ1v) is 11.0. The van der Waals surface area contributed by atoms with Gasteiger partial charge in [-0.05, 0) is 48.7 Å². The van der Waals surface area contributed by atoms with Crippen LogP contribution >= 0.6 is 0 Å². The Morgan fingerprint density at radius 2 is 1.44 bits per heavy atom. The number of rotatable bonds is 6. The number of fused-ring (bicyclic) bond motifs is 3. The van der Waals surface area contributed by atoms with Crippen molar-refractivity contribution in [3.05, 3.63) is 82.4 Å². The summed E-state index contributed by atoms with van der Waals surface area (Å²) in [6, 6.07) is 16.2. The van der Waals surface area contributed by atoms with Crippen LogP contribution in [0.5, 0.6) is 0 Å². The molecule has 1 N–H and O–H groups in total. The van der Waals surface area contributed by atoms with Gasteiger partial charge in [0.2, 0.25) is 0 Å². The molecule has 1 heterocycles. The molecule has 0 aliphatic carbocycles. The van der Waals surface area contributed by atoms with Crippen molar-refractivity contribution in [2.75, 3.05) is 0 Å². The van der Waals surface area contributed by atoms with E-state index in [0.717, 1.165) is 40.5 Å². The molecule has 4 rings (SSSR count). The molecular weight excluding hydrogens is 402 g/mol. The van der Waals surface area contributed by atoms with Crippen LogP contribution in [0.3, 0.4) is 0 Å². The summed E-state index contributed by atoms with van der Waals surface area (Å²) < 4.78 is 27.6. The SMILES string of the molecule is CCCCCCCc1ccc2c(c1)[nH]c1cc(C#Cc3cc(F)c(C#N)c(F)c3)ccc12. The molecule has 1 aromatic heterocycles. The van der Waals surface area contributed by atoms with Crippen LogP contribution < -0.4 is 0 Å². The van der Waals surface area contributed by atoms with Gasteiger partial charge in [0, 0.05) is 32.9 Å². The molecule has 32 heavy (non-hydrogen) atoms. The lowest BCUT2D eigenvalue weighted by Crippen LogP contribution is -1.91. The van der Waals surface area contributed by atoms with E-state index < -0.39 is 17.2 Å². The van der Waals surface area contributed by atoms with Gasteiger partial charge in [0.15, 0.2) is 0 Å². The average molecular weight is 427 g/mol. The minimum Gasteiger partial charge on any atom is -0.354 e. The zero-order valence-corrected chi connectivity index (χ0v) is 18.1. The van der Waals surface area contributed by atoms with Crippen molar-refractivity contribution in [1.29, 1.82) is 5.26 Å². The van der Waals surface area contributed by atoms with Gasteiger partial charge in [-0.3, -0.25) is 0 Å². The number of unbranched alkanes of at least 4 members (excludes halogenated alkanes) is 4. The lowest BCUT2D eigenvalue weighted by Gasteiger charge is -2.02. The highest BCUT2D eigenvalue weighted by atomic mass is 19.1. The first-order valence-electron chi connectivity index (χ1n) is 11.0. The Morgan fingerprint density at radius 3 is 2.16 bits per heavy atom. The van der Waals surface area contributed by atoms with Crippen LogP contribution in [0.1, 0.15) is 61.3 Å². The molecule has 3 aromatic carbocycles. The van der Waals surface area contributed by atoms with Gasteiger partial charge in [0.1, 0.15) is 23.3 Å². The predicted octanol–water partition coefficient (Wildman–Crippen LogP) is 7.38. The molecule has 0 amide bonds. The molecule has 0 atom stereocenters. The van der Waals surface area contributed by atoms with Gasteiger partial charge < -0.3 is 4.98 Å². The first kappa shape index (κ1) is 21.6. The van der Waals surface area contributed by atoms with Crippen LogP contribution in [-0.2, 0) is 6.42 Å². The third-order valence-corrected chi connectivity index (χ3v) is 5.74. The van der Waals surface area contributed by atoms with Crippen molar-refractivity contribution in [3.8, 4) is 17.9 Å². The highest BCUT2D eigenvalue weighted by Gasteiger charge is 2.10. The zero-order valence-electron chi connectivity index (χ0n) is 18.1. The topological polar surface area (TPSA) is 39.6 Å². The van der Waals surface area contributed by atoms with E-state index in [0.29, 0.717) is 0 Å². The maximum absolute atomic E-state index is 13.8. The third kappa shape index (κ3) is 4.66. The Bertz CT molecular complexity index is 1360. The number of nitriles is 1. The molecule has 160 valence electrons. The Kier molecular flexibility index (Phi) is 6.52. The number of aromatic amines is 1. The van der Waals surface area contributed by atoms with E-state index in [9.17, 15) is 8.78 Å². The summed E-state index contributed by atoms with van der Waals surface area (Å²) in [5.41, 5.74) is 3.77. The van der Waals surface area contributed by atoms with Crippen LogP contribution in [-0.4, -0.2) is 4.98 Å². The lowest BCUT2D eigenvalue weighted by molar-refractivity contribution is 0.576. The lowest BCUT2D eigenvalue weighted by atomic mass is 10.0. The molecule has 0 saturated heterocycles. The number of hydrogen-bond donors (Lipinski definition) is 1. The maximum atomic E-state index is 13.8. The molecule has 4 aromatic rings. The van der Waals surface area contributed by atoms with Crippen LogP contribution in [0.15, 0.2) is 48.5 Å². The van der Waals surface area contributed by atoms with Gasteiger partial charge in [0.25, 0.3) is 0 Å². The van der Waals surface area contributed by atoms with Crippen LogP contribution in [0.4, 0.5) is 8.78 Å². The van der Waals surface area contributed by atoms with E-state index in [-0.39, 0.29) is 5.56 Å². The number of hydrogen-bond acceptors (Lipinski definition) is 1. The normalized spacial score (nSPS) is 10.8. The van der Waals surface area contributed by atoms with Crippen LogP contribution in [0, 0.1) is 34.8 Å². The molecule has 0 saturated carbocycles.